The van der Waals surface area contributed by atoms with Crippen LogP contribution < -0.4 is 4.74 Å². The fourth-order valence-corrected chi connectivity index (χ4v) is 5.26. The molecule has 1 N–H and O–H groups in total. The number of aliphatic hydroxyl groups excluding tert-OH is 1. The summed E-state index contributed by atoms with van der Waals surface area (Å²) in [6.45, 7) is 8.64. The van der Waals surface area contributed by atoms with E-state index in [2.05, 4.69) is 52.0 Å². The minimum Gasteiger partial charge on any atom is -0.497 e. The molecular formula is C29H33NO4S. The molecule has 0 radical (unpaired) electrons. The Morgan fingerprint density at radius 1 is 1.14 bits per heavy atom. The van der Waals surface area contributed by atoms with Gasteiger partial charge in [0.1, 0.15) is 11.9 Å². The third kappa shape index (κ3) is 5.88. The summed E-state index contributed by atoms with van der Waals surface area (Å²) >= 11 is 1.84. The molecule has 0 unspecified atom stereocenters. The lowest BCUT2D eigenvalue weighted by atomic mass is 9.90. The minimum absolute atomic E-state index is 0.0465. The number of rotatable bonds is 7. The first kappa shape index (κ1) is 25.3. The van der Waals surface area contributed by atoms with Crippen LogP contribution in [0.15, 0.2) is 53.4 Å². The molecule has 4 rings (SSSR count). The van der Waals surface area contributed by atoms with Crippen LogP contribution in [0.5, 0.6) is 5.75 Å². The molecule has 0 saturated carbocycles. The normalized spacial score (nSPS) is 18.6. The monoisotopic (exact) mass is 491 g/mol. The number of pyridine rings is 1. The van der Waals surface area contributed by atoms with Crippen LogP contribution in [-0.2, 0) is 9.53 Å². The van der Waals surface area contributed by atoms with Crippen molar-refractivity contribution >= 4 is 34.7 Å². The number of nitrogens with zero attached hydrogens (tertiary/aromatic N) is 1. The number of cyclic esters (lactones) is 1. The zero-order chi connectivity index (χ0) is 25.1. The van der Waals surface area contributed by atoms with E-state index in [0.717, 1.165) is 39.0 Å². The molecular weight excluding hydrogens is 458 g/mol. The Balaban J connectivity index is 1.91. The Labute approximate surface area is 211 Å². The lowest BCUT2D eigenvalue weighted by Crippen LogP contribution is -2.31. The third-order valence-electron chi connectivity index (χ3n) is 5.99. The minimum atomic E-state index is -0.681. The molecule has 5 nitrogen and oxygen atoms in total. The van der Waals surface area contributed by atoms with Gasteiger partial charge in [-0.05, 0) is 47.9 Å². The first-order valence-corrected chi connectivity index (χ1v) is 13.0. The average Bonchev–Trinajstić information content (AvgIpc) is 2.81. The van der Waals surface area contributed by atoms with Crippen molar-refractivity contribution in [1.82, 2.24) is 4.98 Å². The molecule has 2 atom stereocenters. The van der Waals surface area contributed by atoms with Crippen LogP contribution in [0.3, 0.4) is 0 Å². The first-order chi connectivity index (χ1) is 16.7. The summed E-state index contributed by atoms with van der Waals surface area (Å²) in [4.78, 5) is 18.1. The maximum absolute atomic E-state index is 11.9. The average molecular weight is 492 g/mol. The topological polar surface area (TPSA) is 68.7 Å². The van der Waals surface area contributed by atoms with Gasteiger partial charge in [0, 0.05) is 33.1 Å². The molecule has 1 aliphatic rings. The summed E-state index contributed by atoms with van der Waals surface area (Å²) in [5.74, 6) is 0.571. The van der Waals surface area contributed by atoms with Crippen LogP contribution >= 0.6 is 11.8 Å². The zero-order valence-corrected chi connectivity index (χ0v) is 21.8. The summed E-state index contributed by atoms with van der Waals surface area (Å²) in [6.07, 6.45) is 3.17. The molecule has 2 heterocycles. The number of aliphatic hydroxyl groups is 1. The fraction of sp³-hybridized carbons (Fsp3) is 0.379. The van der Waals surface area contributed by atoms with Crippen LogP contribution in [0.2, 0.25) is 0 Å². The molecule has 1 aromatic heterocycles. The summed E-state index contributed by atoms with van der Waals surface area (Å²) in [6, 6.07) is 14.6. The fourth-order valence-electron chi connectivity index (χ4n) is 4.43. The third-order valence-corrected chi connectivity index (χ3v) is 7.00. The van der Waals surface area contributed by atoms with E-state index in [-0.39, 0.29) is 18.3 Å². The highest BCUT2D eigenvalue weighted by molar-refractivity contribution is 7.99. The van der Waals surface area contributed by atoms with Gasteiger partial charge in [0.2, 0.25) is 0 Å². The number of aromatic nitrogens is 1. The van der Waals surface area contributed by atoms with E-state index in [1.807, 2.05) is 42.1 Å². The molecule has 1 saturated heterocycles. The SMILES string of the molecule is COc1ccc2nc(C(C)C)c(/C=C/[C@@H]3C[C@@H](O)CC(=O)O3)c(-c3ccc(SC(C)C)cc3)c2c1. The zero-order valence-electron chi connectivity index (χ0n) is 20.9. The highest BCUT2D eigenvalue weighted by atomic mass is 32.2. The van der Waals surface area contributed by atoms with Crippen LogP contribution in [0.4, 0.5) is 0 Å². The van der Waals surface area contributed by atoms with Gasteiger partial charge in [-0.1, -0.05) is 45.9 Å². The van der Waals surface area contributed by atoms with Crippen molar-refractivity contribution in [1.29, 1.82) is 0 Å². The largest absolute Gasteiger partial charge is 0.497 e. The molecule has 2 aromatic carbocycles. The van der Waals surface area contributed by atoms with E-state index in [1.54, 1.807) is 7.11 Å². The number of carbonyl (C=O) groups excluding carboxylic acids is 1. The van der Waals surface area contributed by atoms with Gasteiger partial charge in [0.15, 0.2) is 0 Å². The van der Waals surface area contributed by atoms with E-state index in [4.69, 9.17) is 14.5 Å². The highest BCUT2D eigenvalue weighted by Gasteiger charge is 2.26. The van der Waals surface area contributed by atoms with Gasteiger partial charge in [0.25, 0.3) is 0 Å². The molecule has 1 aliphatic heterocycles. The van der Waals surface area contributed by atoms with Crippen molar-refractivity contribution < 1.29 is 19.4 Å². The predicted molar refractivity (Wildman–Crippen MR) is 143 cm³/mol. The molecule has 0 aliphatic carbocycles. The van der Waals surface area contributed by atoms with Gasteiger partial charge in [-0.3, -0.25) is 9.78 Å². The van der Waals surface area contributed by atoms with Gasteiger partial charge in [-0.2, -0.15) is 0 Å². The number of fused-ring (bicyclic) bond motifs is 1. The number of hydrogen-bond acceptors (Lipinski definition) is 6. The van der Waals surface area contributed by atoms with Crippen molar-refractivity contribution in [3.63, 3.8) is 0 Å². The molecule has 0 spiro atoms. The van der Waals surface area contributed by atoms with Gasteiger partial charge in [0.05, 0.1) is 30.8 Å². The molecule has 0 amide bonds. The molecule has 184 valence electrons. The number of thioether (sulfide) groups is 1. The second-order valence-corrected chi connectivity index (χ2v) is 11.1. The van der Waals surface area contributed by atoms with E-state index in [9.17, 15) is 9.90 Å². The predicted octanol–water partition coefficient (Wildman–Crippen LogP) is 6.61. The number of ether oxygens (including phenoxy) is 2. The summed E-state index contributed by atoms with van der Waals surface area (Å²) in [5.41, 5.74) is 5.01. The Morgan fingerprint density at radius 2 is 1.89 bits per heavy atom. The Kier molecular flexibility index (Phi) is 7.82. The number of hydrogen-bond donors (Lipinski definition) is 1. The number of benzene rings is 2. The number of esters is 1. The van der Waals surface area contributed by atoms with Crippen LogP contribution in [0.25, 0.3) is 28.1 Å². The maximum atomic E-state index is 11.9. The van der Waals surface area contributed by atoms with Gasteiger partial charge in [-0.25, -0.2) is 0 Å². The molecule has 35 heavy (non-hydrogen) atoms. The number of carbonyl (C=O) groups is 1. The van der Waals surface area contributed by atoms with Gasteiger partial charge >= 0.3 is 5.97 Å². The molecule has 3 aromatic rings. The van der Waals surface area contributed by atoms with E-state index >= 15 is 0 Å². The van der Waals surface area contributed by atoms with Crippen LogP contribution in [0.1, 0.15) is 57.7 Å². The second-order valence-electron chi connectivity index (χ2n) is 9.50. The highest BCUT2D eigenvalue weighted by Crippen LogP contribution is 2.39. The lowest BCUT2D eigenvalue weighted by Gasteiger charge is -2.24. The van der Waals surface area contributed by atoms with Gasteiger partial charge in [-0.15, -0.1) is 11.8 Å². The summed E-state index contributed by atoms with van der Waals surface area (Å²) in [7, 11) is 1.66. The van der Waals surface area contributed by atoms with Crippen molar-refractivity contribution in [2.24, 2.45) is 0 Å². The van der Waals surface area contributed by atoms with Crippen LogP contribution in [0, 0.1) is 0 Å². The molecule has 1 fully saturated rings. The van der Waals surface area contributed by atoms with Crippen LogP contribution in [-0.4, -0.2) is 40.6 Å². The van der Waals surface area contributed by atoms with Crippen molar-refractivity contribution in [3.8, 4) is 16.9 Å². The Morgan fingerprint density at radius 3 is 2.51 bits per heavy atom. The second kappa shape index (κ2) is 10.8. The smallest absolute Gasteiger partial charge is 0.309 e. The molecule has 0 bridgehead atoms. The van der Waals surface area contributed by atoms with Crippen molar-refractivity contribution in [2.45, 2.75) is 68.8 Å². The van der Waals surface area contributed by atoms with Crippen molar-refractivity contribution in [2.75, 3.05) is 7.11 Å². The summed E-state index contributed by atoms with van der Waals surface area (Å²) in [5, 5.41) is 11.6. The van der Waals surface area contributed by atoms with Gasteiger partial charge < -0.3 is 14.6 Å². The van der Waals surface area contributed by atoms with E-state index < -0.39 is 12.2 Å². The summed E-state index contributed by atoms with van der Waals surface area (Å²) < 4.78 is 11.0. The standard InChI is InChI=1S/C29H33NO4S/c1-17(2)29-24(12-8-22-14-20(31)15-27(32)34-22)28(19-6-10-23(11-7-19)35-18(3)4)25-16-21(33-5)9-13-26(25)30-29/h6-13,16-18,20,22,31H,14-15H2,1-5H3/b12-8+/t20-,22-/m1/s1. The first-order valence-electron chi connectivity index (χ1n) is 12.1. The Hall–Kier alpha value is -2.83. The van der Waals surface area contributed by atoms with Crippen molar-refractivity contribution in [3.05, 3.63) is 59.8 Å². The number of methoxy groups -OCH3 is 1. The quantitative estimate of drug-likeness (QED) is 0.296. The maximum Gasteiger partial charge on any atom is 0.309 e. The lowest BCUT2D eigenvalue weighted by molar-refractivity contribution is -0.156. The Bertz CT molecular complexity index is 1230. The van der Waals surface area contributed by atoms with E-state index in [1.165, 1.54) is 4.90 Å². The molecule has 6 heteroatoms. The van der Waals surface area contributed by atoms with E-state index in [0.29, 0.717) is 11.7 Å².